The fraction of sp³-hybridized carbons (Fsp3) is 0.562. The summed E-state index contributed by atoms with van der Waals surface area (Å²) in [6, 6.07) is 9.70. The topological polar surface area (TPSA) is 47.6 Å². The number of benzene rings is 1. The molecular weight excluding hydrogens is 254 g/mol. The van der Waals surface area contributed by atoms with Crippen LogP contribution in [-0.4, -0.2) is 24.8 Å². The third-order valence-electron chi connectivity index (χ3n) is 3.99. The lowest BCUT2D eigenvalue weighted by atomic mass is 9.82. The fourth-order valence-corrected chi connectivity index (χ4v) is 2.59. The molecule has 110 valence electrons. The lowest BCUT2D eigenvalue weighted by Crippen LogP contribution is -2.49. The average molecular weight is 277 g/mol. The van der Waals surface area contributed by atoms with Crippen molar-refractivity contribution < 1.29 is 14.3 Å². The van der Waals surface area contributed by atoms with Gasteiger partial charge in [0.1, 0.15) is 6.61 Å². The summed E-state index contributed by atoms with van der Waals surface area (Å²) in [5, 5.41) is 2.99. The largest absolute Gasteiger partial charge is 0.445 e. The van der Waals surface area contributed by atoms with E-state index in [9.17, 15) is 4.79 Å². The summed E-state index contributed by atoms with van der Waals surface area (Å²) in [5.74, 6) is 0. The molecule has 1 aliphatic carbocycles. The first-order valence-corrected chi connectivity index (χ1v) is 7.13. The number of carbonyl (C=O) groups excluding carboxylic acids is 1. The van der Waals surface area contributed by atoms with Gasteiger partial charge in [0.2, 0.25) is 0 Å². The van der Waals surface area contributed by atoms with Gasteiger partial charge < -0.3 is 14.8 Å². The Bertz CT molecular complexity index is 425. The Balaban J connectivity index is 1.77. The molecule has 2 rings (SSSR count). The highest BCUT2D eigenvalue weighted by molar-refractivity contribution is 5.68. The molecule has 4 heteroatoms. The third-order valence-corrected chi connectivity index (χ3v) is 3.99. The van der Waals surface area contributed by atoms with Gasteiger partial charge in [-0.15, -0.1) is 0 Å². The molecule has 0 spiro atoms. The summed E-state index contributed by atoms with van der Waals surface area (Å²) in [6.45, 7) is 2.38. The van der Waals surface area contributed by atoms with Crippen LogP contribution in [0.2, 0.25) is 0 Å². The van der Waals surface area contributed by atoms with E-state index in [1.54, 1.807) is 7.11 Å². The molecular formula is C16H23NO3. The van der Waals surface area contributed by atoms with Gasteiger partial charge in [0, 0.05) is 12.6 Å². The quantitative estimate of drug-likeness (QED) is 0.919. The van der Waals surface area contributed by atoms with Crippen LogP contribution in [0.5, 0.6) is 0 Å². The third kappa shape index (κ3) is 4.23. The molecule has 1 aliphatic rings. The zero-order valence-corrected chi connectivity index (χ0v) is 12.2. The maximum atomic E-state index is 11.9. The number of hydrogen-bond acceptors (Lipinski definition) is 3. The first-order valence-electron chi connectivity index (χ1n) is 7.13. The second-order valence-corrected chi connectivity index (χ2v) is 5.68. The van der Waals surface area contributed by atoms with Gasteiger partial charge in [-0.05, 0) is 38.2 Å². The lowest BCUT2D eigenvalue weighted by Gasteiger charge is -2.37. The number of hydrogen-bond donors (Lipinski definition) is 1. The maximum Gasteiger partial charge on any atom is 0.407 e. The maximum absolute atomic E-state index is 11.9. The zero-order valence-electron chi connectivity index (χ0n) is 12.2. The summed E-state index contributed by atoms with van der Waals surface area (Å²) in [4.78, 5) is 11.9. The molecule has 0 radical (unpaired) electrons. The molecule has 1 aromatic carbocycles. The van der Waals surface area contributed by atoms with Gasteiger partial charge in [0.05, 0.1) is 6.10 Å². The molecule has 1 fully saturated rings. The molecule has 0 atom stereocenters. The highest BCUT2D eigenvalue weighted by Crippen LogP contribution is 2.29. The van der Waals surface area contributed by atoms with E-state index in [-0.39, 0.29) is 11.6 Å². The first-order chi connectivity index (χ1) is 9.61. The van der Waals surface area contributed by atoms with E-state index in [4.69, 9.17) is 9.47 Å². The molecule has 0 unspecified atom stereocenters. The molecule has 1 N–H and O–H groups in total. The fourth-order valence-electron chi connectivity index (χ4n) is 2.59. The van der Waals surface area contributed by atoms with Gasteiger partial charge in [-0.1, -0.05) is 30.3 Å². The molecule has 20 heavy (non-hydrogen) atoms. The minimum Gasteiger partial charge on any atom is -0.445 e. The number of methoxy groups -OCH3 is 1. The van der Waals surface area contributed by atoms with Gasteiger partial charge in [0.25, 0.3) is 0 Å². The van der Waals surface area contributed by atoms with Gasteiger partial charge in [-0.25, -0.2) is 4.79 Å². The second-order valence-electron chi connectivity index (χ2n) is 5.68. The minimum atomic E-state index is -0.341. The van der Waals surface area contributed by atoms with Crippen molar-refractivity contribution in [1.82, 2.24) is 5.32 Å². The molecule has 0 saturated heterocycles. The molecule has 1 aromatic rings. The van der Waals surface area contributed by atoms with Crippen molar-refractivity contribution in [2.24, 2.45) is 0 Å². The number of carbonyl (C=O) groups is 1. The predicted molar refractivity (Wildman–Crippen MR) is 77.4 cm³/mol. The van der Waals surface area contributed by atoms with E-state index in [1.807, 2.05) is 30.3 Å². The summed E-state index contributed by atoms with van der Waals surface area (Å²) < 4.78 is 10.6. The Morgan fingerprint density at radius 2 is 1.95 bits per heavy atom. The summed E-state index contributed by atoms with van der Waals surface area (Å²) in [6.07, 6.45) is 3.79. The van der Waals surface area contributed by atoms with E-state index in [0.29, 0.717) is 12.7 Å². The van der Waals surface area contributed by atoms with Crippen LogP contribution in [0.4, 0.5) is 4.79 Å². The number of alkyl carbamates (subject to hydrolysis) is 1. The smallest absolute Gasteiger partial charge is 0.407 e. The van der Waals surface area contributed by atoms with Crippen LogP contribution in [0.3, 0.4) is 0 Å². The van der Waals surface area contributed by atoms with E-state index in [1.165, 1.54) is 0 Å². The van der Waals surface area contributed by atoms with E-state index in [0.717, 1.165) is 31.2 Å². The molecule has 0 heterocycles. The SMILES string of the molecule is COC1CCC(C)(NC(=O)OCc2ccccc2)CC1. The molecule has 1 amide bonds. The Morgan fingerprint density at radius 3 is 2.55 bits per heavy atom. The molecule has 1 saturated carbocycles. The first kappa shape index (κ1) is 14.9. The van der Waals surface area contributed by atoms with Gasteiger partial charge in [-0.3, -0.25) is 0 Å². The summed E-state index contributed by atoms with van der Waals surface area (Å²) >= 11 is 0. The zero-order chi connectivity index (χ0) is 14.4. The van der Waals surface area contributed by atoms with Crippen LogP contribution >= 0.6 is 0 Å². The summed E-state index contributed by atoms with van der Waals surface area (Å²) in [5.41, 5.74) is 0.818. The van der Waals surface area contributed by atoms with Gasteiger partial charge in [0.15, 0.2) is 0 Å². The van der Waals surface area contributed by atoms with Crippen molar-refractivity contribution in [3.8, 4) is 0 Å². The molecule has 0 aliphatic heterocycles. The average Bonchev–Trinajstić information content (AvgIpc) is 2.47. The Kier molecular flexibility index (Phi) is 5.01. The van der Waals surface area contributed by atoms with Gasteiger partial charge in [-0.2, -0.15) is 0 Å². The number of rotatable bonds is 4. The highest BCUT2D eigenvalue weighted by Gasteiger charge is 2.32. The standard InChI is InChI=1S/C16H23NO3/c1-16(10-8-14(19-2)9-11-16)17-15(18)20-12-13-6-4-3-5-7-13/h3-7,14H,8-12H2,1-2H3,(H,17,18). The number of nitrogens with one attached hydrogen (secondary N) is 1. The summed E-state index contributed by atoms with van der Waals surface area (Å²) in [7, 11) is 1.74. The van der Waals surface area contributed by atoms with E-state index < -0.39 is 0 Å². The van der Waals surface area contributed by atoms with Crippen molar-refractivity contribution in [3.05, 3.63) is 35.9 Å². The van der Waals surface area contributed by atoms with Crippen molar-refractivity contribution in [2.75, 3.05) is 7.11 Å². The monoisotopic (exact) mass is 277 g/mol. The molecule has 0 bridgehead atoms. The lowest BCUT2D eigenvalue weighted by molar-refractivity contribution is 0.0427. The highest BCUT2D eigenvalue weighted by atomic mass is 16.5. The second kappa shape index (κ2) is 6.75. The van der Waals surface area contributed by atoms with Crippen LogP contribution in [0.25, 0.3) is 0 Å². The Morgan fingerprint density at radius 1 is 1.30 bits per heavy atom. The molecule has 4 nitrogen and oxygen atoms in total. The molecule has 0 aromatic heterocycles. The van der Waals surface area contributed by atoms with Crippen molar-refractivity contribution >= 4 is 6.09 Å². The van der Waals surface area contributed by atoms with Crippen LogP contribution < -0.4 is 5.32 Å². The normalized spacial score (nSPS) is 26.0. The van der Waals surface area contributed by atoms with Crippen LogP contribution in [-0.2, 0) is 16.1 Å². The van der Waals surface area contributed by atoms with Crippen LogP contribution in [0.15, 0.2) is 30.3 Å². The number of ether oxygens (including phenoxy) is 2. The van der Waals surface area contributed by atoms with Crippen LogP contribution in [0.1, 0.15) is 38.2 Å². The van der Waals surface area contributed by atoms with Crippen molar-refractivity contribution in [1.29, 1.82) is 0 Å². The van der Waals surface area contributed by atoms with Crippen molar-refractivity contribution in [2.45, 2.75) is 50.9 Å². The Hall–Kier alpha value is -1.55. The number of amides is 1. The van der Waals surface area contributed by atoms with Crippen molar-refractivity contribution in [3.63, 3.8) is 0 Å². The predicted octanol–water partition coefficient (Wildman–Crippen LogP) is 3.26. The Labute approximate surface area is 120 Å². The van der Waals surface area contributed by atoms with Gasteiger partial charge >= 0.3 is 6.09 Å². The van der Waals surface area contributed by atoms with Crippen LogP contribution in [0, 0.1) is 0 Å². The van der Waals surface area contributed by atoms with E-state index in [2.05, 4.69) is 12.2 Å². The van der Waals surface area contributed by atoms with E-state index >= 15 is 0 Å². The minimum absolute atomic E-state index is 0.178.